The first kappa shape index (κ1) is 15.0. The van der Waals surface area contributed by atoms with Gasteiger partial charge in [-0.05, 0) is 48.9 Å². The molecule has 2 aromatic carbocycles. The second-order valence-electron chi connectivity index (χ2n) is 4.75. The maximum Gasteiger partial charge on any atom is 0.186 e. The Kier molecular flexibility index (Phi) is 4.11. The summed E-state index contributed by atoms with van der Waals surface area (Å²) >= 11 is 3.92. The van der Waals surface area contributed by atoms with E-state index in [1.54, 1.807) is 36.4 Å². The molecule has 3 aromatic rings. The van der Waals surface area contributed by atoms with E-state index in [9.17, 15) is 4.21 Å². The topological polar surface area (TPSA) is 63.3 Å². The van der Waals surface area contributed by atoms with E-state index in [4.69, 9.17) is 20.7 Å². The quantitative estimate of drug-likeness (QED) is 0.714. The second kappa shape index (κ2) is 6.04. The molecule has 0 aliphatic heterocycles. The number of benzene rings is 2. The molecule has 0 bridgehead atoms. The Morgan fingerprint density at radius 3 is 2.23 bits per heavy atom. The Morgan fingerprint density at radius 1 is 1.05 bits per heavy atom. The molecule has 0 amide bonds. The molecule has 22 heavy (non-hydrogen) atoms. The fourth-order valence-electron chi connectivity index (χ4n) is 2.25. The highest BCUT2D eigenvalue weighted by Gasteiger charge is 2.17. The standard InChI is InChI=1S/C16H12ClNO3S/c1-10-15(11-4-8-14(9-5-11)22(19)20)16(21-18-10)12-2-6-13(17)7-3-12/h2-9H,1H3,(H,19,20). The molecule has 0 saturated heterocycles. The lowest BCUT2D eigenvalue weighted by Gasteiger charge is -2.04. The van der Waals surface area contributed by atoms with Crippen LogP contribution >= 0.6 is 11.6 Å². The van der Waals surface area contributed by atoms with Crippen LogP contribution in [0.1, 0.15) is 5.69 Å². The summed E-state index contributed by atoms with van der Waals surface area (Å²) in [6, 6.07) is 14.1. The average Bonchev–Trinajstić information content (AvgIpc) is 2.90. The summed E-state index contributed by atoms with van der Waals surface area (Å²) in [5.74, 6) is 0.645. The molecule has 0 aliphatic carbocycles. The third kappa shape index (κ3) is 2.83. The Hall–Kier alpha value is -1.95. The molecule has 0 radical (unpaired) electrons. The van der Waals surface area contributed by atoms with Crippen LogP contribution in [0, 0.1) is 6.92 Å². The van der Waals surface area contributed by atoms with Crippen LogP contribution in [0.15, 0.2) is 57.9 Å². The van der Waals surface area contributed by atoms with Gasteiger partial charge < -0.3 is 9.08 Å². The molecule has 112 valence electrons. The van der Waals surface area contributed by atoms with Crippen LogP contribution in [0.5, 0.6) is 0 Å². The largest absolute Gasteiger partial charge is 0.355 e. The predicted molar refractivity (Wildman–Crippen MR) is 86.2 cm³/mol. The van der Waals surface area contributed by atoms with Crippen LogP contribution < -0.4 is 0 Å². The maximum atomic E-state index is 11.1. The number of aryl methyl sites for hydroxylation is 1. The first-order valence-electron chi connectivity index (χ1n) is 6.50. The van der Waals surface area contributed by atoms with Gasteiger partial charge in [-0.25, -0.2) is 4.21 Å². The number of halogens is 1. The lowest BCUT2D eigenvalue weighted by Crippen LogP contribution is -1.89. The minimum absolute atomic E-state index is 0.353. The fraction of sp³-hybridized carbons (Fsp3) is 0.0625. The molecule has 1 atom stereocenters. The minimum atomic E-state index is -1.99. The summed E-state index contributed by atoms with van der Waals surface area (Å²) in [5.41, 5.74) is 3.35. The van der Waals surface area contributed by atoms with E-state index in [-0.39, 0.29) is 0 Å². The highest BCUT2D eigenvalue weighted by molar-refractivity contribution is 7.79. The Labute approximate surface area is 135 Å². The van der Waals surface area contributed by atoms with Gasteiger partial charge in [0.2, 0.25) is 0 Å². The monoisotopic (exact) mass is 333 g/mol. The summed E-state index contributed by atoms with van der Waals surface area (Å²) in [4.78, 5) is 0.353. The van der Waals surface area contributed by atoms with Gasteiger partial charge in [0.1, 0.15) is 0 Å². The molecule has 0 saturated carbocycles. The highest BCUT2D eigenvalue weighted by atomic mass is 35.5. The van der Waals surface area contributed by atoms with Crippen molar-refractivity contribution in [3.8, 4) is 22.5 Å². The first-order chi connectivity index (χ1) is 10.6. The lowest BCUT2D eigenvalue weighted by molar-refractivity contribution is 0.427. The molecule has 1 aromatic heterocycles. The van der Waals surface area contributed by atoms with Crippen LogP contribution in [0.25, 0.3) is 22.5 Å². The van der Waals surface area contributed by atoms with E-state index in [1.807, 2.05) is 19.1 Å². The van der Waals surface area contributed by atoms with Gasteiger partial charge in [0, 0.05) is 10.6 Å². The van der Waals surface area contributed by atoms with Crippen LogP contribution in [0.4, 0.5) is 0 Å². The van der Waals surface area contributed by atoms with E-state index >= 15 is 0 Å². The molecule has 6 heteroatoms. The van der Waals surface area contributed by atoms with Crippen molar-refractivity contribution >= 4 is 22.7 Å². The minimum Gasteiger partial charge on any atom is -0.355 e. The number of rotatable bonds is 3. The molecular weight excluding hydrogens is 322 g/mol. The van der Waals surface area contributed by atoms with E-state index in [0.717, 1.165) is 22.4 Å². The van der Waals surface area contributed by atoms with Crippen LogP contribution in [0.3, 0.4) is 0 Å². The summed E-state index contributed by atoms with van der Waals surface area (Å²) in [6.45, 7) is 1.86. The summed E-state index contributed by atoms with van der Waals surface area (Å²) in [7, 11) is 0. The SMILES string of the molecule is Cc1noc(-c2ccc(Cl)cc2)c1-c1ccc(S(=O)O)cc1. The van der Waals surface area contributed by atoms with Crippen molar-refractivity contribution in [1.82, 2.24) is 5.16 Å². The zero-order valence-electron chi connectivity index (χ0n) is 11.6. The lowest BCUT2D eigenvalue weighted by atomic mass is 10.00. The number of aromatic nitrogens is 1. The van der Waals surface area contributed by atoms with Gasteiger partial charge in [-0.2, -0.15) is 0 Å². The Bertz CT molecular complexity index is 826. The van der Waals surface area contributed by atoms with E-state index in [1.165, 1.54) is 0 Å². The first-order valence-corrected chi connectivity index (χ1v) is 7.98. The van der Waals surface area contributed by atoms with Crippen LogP contribution in [0.2, 0.25) is 5.02 Å². The highest BCUT2D eigenvalue weighted by Crippen LogP contribution is 2.35. The van der Waals surface area contributed by atoms with Crippen molar-refractivity contribution in [1.29, 1.82) is 0 Å². The van der Waals surface area contributed by atoms with Gasteiger partial charge in [-0.3, -0.25) is 0 Å². The summed E-state index contributed by atoms with van der Waals surface area (Å²) in [6.07, 6.45) is 0. The Morgan fingerprint density at radius 2 is 1.64 bits per heavy atom. The van der Waals surface area contributed by atoms with Crippen LogP contribution in [-0.4, -0.2) is 13.9 Å². The van der Waals surface area contributed by atoms with Crippen molar-refractivity contribution in [2.45, 2.75) is 11.8 Å². The van der Waals surface area contributed by atoms with Gasteiger partial charge >= 0.3 is 0 Å². The van der Waals surface area contributed by atoms with Gasteiger partial charge in [0.05, 0.1) is 16.2 Å². The second-order valence-corrected chi connectivity index (χ2v) is 6.16. The number of nitrogens with zero attached hydrogens (tertiary/aromatic N) is 1. The third-order valence-corrected chi connectivity index (χ3v) is 4.24. The van der Waals surface area contributed by atoms with Crippen molar-refractivity contribution in [3.05, 3.63) is 59.2 Å². The number of hydrogen-bond acceptors (Lipinski definition) is 3. The van der Waals surface area contributed by atoms with Gasteiger partial charge in [-0.15, -0.1) is 0 Å². The molecule has 0 spiro atoms. The van der Waals surface area contributed by atoms with E-state index in [2.05, 4.69) is 5.16 Å². The Balaban J connectivity index is 2.09. The molecule has 0 aliphatic rings. The molecule has 0 fully saturated rings. The van der Waals surface area contributed by atoms with Gasteiger partial charge in [0.25, 0.3) is 0 Å². The fourth-order valence-corrected chi connectivity index (χ4v) is 2.74. The molecule has 1 unspecified atom stereocenters. The molecule has 4 nitrogen and oxygen atoms in total. The van der Waals surface area contributed by atoms with Crippen molar-refractivity contribution in [2.75, 3.05) is 0 Å². The third-order valence-electron chi connectivity index (χ3n) is 3.31. The van der Waals surface area contributed by atoms with E-state index < -0.39 is 11.1 Å². The maximum absolute atomic E-state index is 11.1. The average molecular weight is 334 g/mol. The predicted octanol–water partition coefficient (Wildman–Crippen LogP) is 4.55. The van der Waals surface area contributed by atoms with Crippen LogP contribution in [-0.2, 0) is 11.1 Å². The molecule has 1 N–H and O–H groups in total. The number of hydrogen-bond donors (Lipinski definition) is 1. The van der Waals surface area contributed by atoms with Gasteiger partial charge in [-0.1, -0.05) is 28.9 Å². The van der Waals surface area contributed by atoms with Gasteiger partial charge in [0.15, 0.2) is 16.8 Å². The smallest absolute Gasteiger partial charge is 0.186 e. The van der Waals surface area contributed by atoms with Crippen molar-refractivity contribution in [2.24, 2.45) is 0 Å². The zero-order chi connectivity index (χ0) is 15.7. The molecule has 1 heterocycles. The zero-order valence-corrected chi connectivity index (χ0v) is 13.2. The summed E-state index contributed by atoms with van der Waals surface area (Å²) in [5, 5.41) is 4.68. The molecular formula is C16H12ClNO3S. The summed E-state index contributed by atoms with van der Waals surface area (Å²) < 4.78 is 25.6. The van der Waals surface area contributed by atoms with Crippen molar-refractivity contribution in [3.63, 3.8) is 0 Å². The molecule has 3 rings (SSSR count). The normalized spacial score (nSPS) is 12.3. The van der Waals surface area contributed by atoms with E-state index in [0.29, 0.717) is 15.7 Å². The van der Waals surface area contributed by atoms with Crippen molar-refractivity contribution < 1.29 is 13.3 Å².